The number of hydrogen-bond acceptors (Lipinski definition) is 4. The van der Waals surface area contributed by atoms with Crippen molar-refractivity contribution in [3.63, 3.8) is 0 Å². The van der Waals surface area contributed by atoms with Crippen LogP contribution >= 0.6 is 0 Å². The van der Waals surface area contributed by atoms with Crippen LogP contribution in [0.2, 0.25) is 0 Å². The first-order valence-corrected chi connectivity index (χ1v) is 11.1. The fourth-order valence-corrected chi connectivity index (χ4v) is 4.20. The molecule has 0 N–H and O–H groups in total. The molecule has 0 radical (unpaired) electrons. The molecule has 0 unspecified atom stereocenters. The highest BCUT2D eigenvalue weighted by Gasteiger charge is 2.23. The Morgan fingerprint density at radius 3 is 2.09 bits per heavy atom. The molecule has 0 spiro atoms. The van der Waals surface area contributed by atoms with Gasteiger partial charge < -0.3 is 14.4 Å². The van der Waals surface area contributed by atoms with E-state index in [-0.39, 0.29) is 24.1 Å². The van der Waals surface area contributed by atoms with Crippen molar-refractivity contribution >= 4 is 11.7 Å². The Hall–Kier alpha value is -4.07. The second-order valence-corrected chi connectivity index (χ2v) is 8.21. The smallest absolute Gasteiger partial charge is 0.242 e. The largest absolute Gasteiger partial charge is 0.352 e. The first-order chi connectivity index (χ1) is 16.6. The molecule has 0 bridgehead atoms. The lowest BCUT2D eigenvalue weighted by molar-refractivity contribution is -0.132. The maximum Gasteiger partial charge on any atom is 0.242 e. The van der Waals surface area contributed by atoms with E-state index in [0.29, 0.717) is 26.2 Å². The van der Waals surface area contributed by atoms with Gasteiger partial charge in [-0.2, -0.15) is 5.10 Å². The molecule has 172 valence electrons. The van der Waals surface area contributed by atoms with Gasteiger partial charge in [-0.15, -0.1) is 5.10 Å². The molecule has 0 atom stereocenters. The van der Waals surface area contributed by atoms with Gasteiger partial charge in [-0.05, 0) is 71.3 Å². The summed E-state index contributed by atoms with van der Waals surface area (Å²) < 4.78 is 28.8. The zero-order chi connectivity index (χ0) is 23.5. The van der Waals surface area contributed by atoms with Crippen molar-refractivity contribution in [3.8, 4) is 22.4 Å². The molecular formula is C26H23F2N5O. The Kier molecular flexibility index (Phi) is 6.03. The lowest BCUT2D eigenvalue weighted by Gasteiger charge is -2.35. The van der Waals surface area contributed by atoms with Gasteiger partial charge in [-0.1, -0.05) is 12.1 Å². The Morgan fingerprint density at radius 1 is 0.824 bits per heavy atom. The fourth-order valence-electron chi connectivity index (χ4n) is 4.20. The normalized spacial score (nSPS) is 13.8. The van der Waals surface area contributed by atoms with Gasteiger partial charge in [0.15, 0.2) is 5.82 Å². The van der Waals surface area contributed by atoms with Crippen LogP contribution in [0, 0.1) is 11.6 Å². The minimum Gasteiger partial charge on any atom is -0.352 e. The molecule has 1 fully saturated rings. The first kappa shape index (κ1) is 21.8. The minimum absolute atomic E-state index is 0.00316. The van der Waals surface area contributed by atoms with Gasteiger partial charge in [0.25, 0.3) is 0 Å². The van der Waals surface area contributed by atoms with Crippen molar-refractivity contribution in [2.45, 2.75) is 6.54 Å². The number of nitrogens with zero attached hydrogens (tertiary/aromatic N) is 5. The molecule has 1 aliphatic heterocycles. The molecule has 3 heterocycles. The zero-order valence-corrected chi connectivity index (χ0v) is 18.4. The summed E-state index contributed by atoms with van der Waals surface area (Å²) in [5.41, 5.74) is 3.30. The van der Waals surface area contributed by atoms with Gasteiger partial charge in [0.2, 0.25) is 5.91 Å². The maximum absolute atomic E-state index is 13.5. The third kappa shape index (κ3) is 4.66. The standard InChI is InChI=1S/C26H23F2N5O/c27-22-7-3-19(4-8-22)21-16-24(20-5-9-23(28)10-6-20)33(17-21)18-26(34)32-14-12-31(13-15-32)25-2-1-11-29-30-25/h1-11,16-17H,12-15,18H2. The molecule has 5 rings (SSSR count). The molecule has 4 aromatic rings. The molecule has 34 heavy (non-hydrogen) atoms. The lowest BCUT2D eigenvalue weighted by Crippen LogP contribution is -2.49. The van der Waals surface area contributed by atoms with E-state index in [1.54, 1.807) is 30.5 Å². The molecule has 1 amide bonds. The van der Waals surface area contributed by atoms with Crippen LogP contribution in [-0.2, 0) is 11.3 Å². The number of amides is 1. The van der Waals surface area contributed by atoms with Crippen LogP contribution in [0.5, 0.6) is 0 Å². The van der Waals surface area contributed by atoms with Crippen molar-refractivity contribution in [2.24, 2.45) is 0 Å². The number of carbonyl (C=O) groups excluding carboxylic acids is 1. The van der Waals surface area contributed by atoms with E-state index < -0.39 is 0 Å². The molecule has 8 heteroatoms. The first-order valence-electron chi connectivity index (χ1n) is 11.1. The number of piperazine rings is 1. The minimum atomic E-state index is -0.322. The van der Waals surface area contributed by atoms with Crippen molar-refractivity contribution < 1.29 is 13.6 Å². The number of benzene rings is 2. The van der Waals surface area contributed by atoms with E-state index in [2.05, 4.69) is 15.1 Å². The summed E-state index contributed by atoms with van der Waals surface area (Å²) in [4.78, 5) is 17.1. The molecule has 6 nitrogen and oxygen atoms in total. The number of halogens is 2. The number of rotatable bonds is 5. The summed E-state index contributed by atoms with van der Waals surface area (Å²) in [5, 5.41) is 8.07. The number of carbonyl (C=O) groups is 1. The molecule has 0 aliphatic carbocycles. The molecule has 2 aromatic carbocycles. The third-order valence-electron chi connectivity index (χ3n) is 6.03. The van der Waals surface area contributed by atoms with Crippen LogP contribution < -0.4 is 4.90 Å². The van der Waals surface area contributed by atoms with Crippen LogP contribution in [0.25, 0.3) is 22.4 Å². The monoisotopic (exact) mass is 459 g/mol. The van der Waals surface area contributed by atoms with Gasteiger partial charge in [-0.25, -0.2) is 8.78 Å². The highest BCUT2D eigenvalue weighted by atomic mass is 19.1. The van der Waals surface area contributed by atoms with Crippen molar-refractivity contribution in [1.82, 2.24) is 19.7 Å². The second-order valence-electron chi connectivity index (χ2n) is 8.21. The third-order valence-corrected chi connectivity index (χ3v) is 6.03. The second kappa shape index (κ2) is 9.43. The molecule has 1 saturated heterocycles. The average molecular weight is 460 g/mol. The van der Waals surface area contributed by atoms with Gasteiger partial charge >= 0.3 is 0 Å². The van der Waals surface area contributed by atoms with Crippen LogP contribution in [0.3, 0.4) is 0 Å². The lowest BCUT2D eigenvalue weighted by atomic mass is 10.1. The number of hydrogen-bond donors (Lipinski definition) is 0. The highest BCUT2D eigenvalue weighted by Crippen LogP contribution is 2.29. The molecular weight excluding hydrogens is 436 g/mol. The van der Waals surface area contributed by atoms with Crippen molar-refractivity contribution in [3.05, 3.63) is 90.8 Å². The fraction of sp³-hybridized carbons (Fsp3) is 0.192. The summed E-state index contributed by atoms with van der Waals surface area (Å²) in [5.74, 6) is 0.182. The number of anilines is 1. The summed E-state index contributed by atoms with van der Waals surface area (Å²) >= 11 is 0. The maximum atomic E-state index is 13.5. The molecule has 2 aromatic heterocycles. The summed E-state index contributed by atoms with van der Waals surface area (Å²) in [6.07, 6.45) is 3.53. The van der Waals surface area contributed by atoms with Crippen LogP contribution in [-0.4, -0.2) is 51.8 Å². The Labute approximate surface area is 196 Å². The van der Waals surface area contributed by atoms with Gasteiger partial charge in [0.05, 0.1) is 0 Å². The highest BCUT2D eigenvalue weighted by molar-refractivity contribution is 5.79. The van der Waals surface area contributed by atoms with Crippen molar-refractivity contribution in [2.75, 3.05) is 31.1 Å². The van der Waals surface area contributed by atoms with Gasteiger partial charge in [0, 0.05) is 44.3 Å². The molecule has 1 aliphatic rings. The van der Waals surface area contributed by atoms with E-state index in [9.17, 15) is 13.6 Å². The summed E-state index contributed by atoms with van der Waals surface area (Å²) in [6, 6.07) is 18.1. The van der Waals surface area contributed by atoms with E-state index in [1.807, 2.05) is 33.9 Å². The quantitative estimate of drug-likeness (QED) is 0.448. The summed E-state index contributed by atoms with van der Waals surface area (Å²) in [7, 11) is 0. The Bertz CT molecular complexity index is 1270. The zero-order valence-electron chi connectivity index (χ0n) is 18.4. The molecule has 0 saturated carbocycles. The van der Waals surface area contributed by atoms with Crippen molar-refractivity contribution in [1.29, 1.82) is 0 Å². The van der Waals surface area contributed by atoms with Gasteiger partial charge in [0.1, 0.15) is 18.2 Å². The Morgan fingerprint density at radius 2 is 1.47 bits per heavy atom. The van der Waals surface area contributed by atoms with Gasteiger partial charge in [-0.3, -0.25) is 4.79 Å². The SMILES string of the molecule is O=C(Cn1cc(-c2ccc(F)cc2)cc1-c1ccc(F)cc1)N1CCN(c2cccnn2)CC1. The predicted octanol–water partition coefficient (Wildman–Crippen LogP) is 4.24. The van der Waals surface area contributed by atoms with E-state index in [4.69, 9.17) is 0 Å². The average Bonchev–Trinajstić information content (AvgIpc) is 3.29. The van der Waals surface area contributed by atoms with Crippen LogP contribution in [0.15, 0.2) is 79.1 Å². The van der Waals surface area contributed by atoms with E-state index in [0.717, 1.165) is 28.2 Å². The topological polar surface area (TPSA) is 54.3 Å². The summed E-state index contributed by atoms with van der Waals surface area (Å²) in [6.45, 7) is 2.70. The van der Waals surface area contributed by atoms with E-state index in [1.165, 1.54) is 24.3 Å². The van der Waals surface area contributed by atoms with Crippen LogP contribution in [0.4, 0.5) is 14.6 Å². The number of aromatic nitrogens is 3. The Balaban J connectivity index is 1.36. The van der Waals surface area contributed by atoms with Crippen LogP contribution in [0.1, 0.15) is 0 Å². The predicted molar refractivity (Wildman–Crippen MR) is 126 cm³/mol. The van der Waals surface area contributed by atoms with E-state index >= 15 is 0 Å².